The highest BCUT2D eigenvalue weighted by atomic mass is 32.1. The molecule has 2 aliphatic rings. The molecule has 20 heavy (non-hydrogen) atoms. The summed E-state index contributed by atoms with van der Waals surface area (Å²) in [6.07, 6.45) is 2.84. The molecule has 108 valence electrons. The molecule has 0 radical (unpaired) electrons. The maximum absolute atomic E-state index is 12.4. The number of nitrogens with one attached hydrogen (secondary N) is 1. The molecule has 2 aliphatic heterocycles. The van der Waals surface area contributed by atoms with Crippen LogP contribution in [0, 0.1) is 5.41 Å². The Kier molecular flexibility index (Phi) is 3.47. The van der Waals surface area contributed by atoms with E-state index in [0.29, 0.717) is 30.8 Å². The zero-order chi connectivity index (χ0) is 14.2. The molecule has 0 saturated carbocycles. The maximum Gasteiger partial charge on any atom is 0.265 e. The van der Waals surface area contributed by atoms with Crippen LogP contribution in [-0.4, -0.2) is 51.9 Å². The summed E-state index contributed by atoms with van der Waals surface area (Å²) in [5.41, 5.74) is -0.836. The van der Waals surface area contributed by atoms with Crippen molar-refractivity contribution in [2.24, 2.45) is 5.41 Å². The van der Waals surface area contributed by atoms with E-state index in [1.165, 1.54) is 0 Å². The van der Waals surface area contributed by atoms with Crippen molar-refractivity contribution in [3.05, 3.63) is 17.1 Å². The van der Waals surface area contributed by atoms with Crippen LogP contribution in [0.4, 0.5) is 0 Å². The Morgan fingerprint density at radius 1 is 1.60 bits per heavy atom. The molecule has 2 N–H and O–H groups in total. The van der Waals surface area contributed by atoms with E-state index in [-0.39, 0.29) is 18.4 Å². The Hall–Kier alpha value is -1.47. The molecule has 1 spiro atoms. The summed E-state index contributed by atoms with van der Waals surface area (Å²) in [7, 11) is 0. The fourth-order valence-electron chi connectivity index (χ4n) is 3.10. The van der Waals surface area contributed by atoms with E-state index < -0.39 is 11.5 Å². The van der Waals surface area contributed by atoms with Crippen molar-refractivity contribution in [1.29, 1.82) is 0 Å². The lowest BCUT2D eigenvalue weighted by Crippen LogP contribution is -2.62. The van der Waals surface area contributed by atoms with Gasteiger partial charge in [0.1, 0.15) is 4.88 Å². The van der Waals surface area contributed by atoms with Gasteiger partial charge in [0.2, 0.25) is 5.91 Å². The third-order valence-corrected chi connectivity index (χ3v) is 4.99. The summed E-state index contributed by atoms with van der Waals surface area (Å²) in [5.74, 6) is -0.227. The lowest BCUT2D eigenvalue weighted by molar-refractivity contribution is -0.147. The van der Waals surface area contributed by atoms with Crippen LogP contribution in [0.15, 0.2) is 12.3 Å². The van der Waals surface area contributed by atoms with Crippen molar-refractivity contribution in [3.8, 4) is 0 Å². The van der Waals surface area contributed by atoms with Gasteiger partial charge in [-0.05, 0) is 36.9 Å². The van der Waals surface area contributed by atoms with Gasteiger partial charge >= 0.3 is 0 Å². The normalized spacial score (nSPS) is 30.4. The monoisotopic (exact) mass is 295 g/mol. The Morgan fingerprint density at radius 3 is 3.15 bits per heavy atom. The fourth-order valence-corrected chi connectivity index (χ4v) is 3.66. The van der Waals surface area contributed by atoms with Gasteiger partial charge in [0.25, 0.3) is 5.91 Å². The molecule has 7 heteroatoms. The number of aliphatic hydroxyl groups is 1. The zero-order valence-electron chi connectivity index (χ0n) is 11.0. The highest BCUT2D eigenvalue weighted by Crippen LogP contribution is 2.37. The molecule has 1 aromatic rings. The minimum Gasteiger partial charge on any atom is -0.392 e. The van der Waals surface area contributed by atoms with Crippen molar-refractivity contribution in [2.75, 3.05) is 19.6 Å². The number of carbonyl (C=O) groups excluding carboxylic acids is 2. The van der Waals surface area contributed by atoms with Crippen molar-refractivity contribution in [3.63, 3.8) is 0 Å². The van der Waals surface area contributed by atoms with E-state index in [0.717, 1.165) is 18.0 Å². The summed E-state index contributed by atoms with van der Waals surface area (Å²) in [6.45, 7) is 1.42. The Bertz CT molecular complexity index is 519. The molecule has 0 aliphatic carbocycles. The van der Waals surface area contributed by atoms with Crippen molar-refractivity contribution >= 4 is 23.3 Å². The van der Waals surface area contributed by atoms with Gasteiger partial charge in [-0.1, -0.05) is 0 Å². The third-order valence-electron chi connectivity index (χ3n) is 4.26. The highest BCUT2D eigenvalue weighted by molar-refractivity contribution is 7.08. The minimum atomic E-state index is -0.836. The molecule has 0 bridgehead atoms. The number of carbonyl (C=O) groups is 2. The SMILES string of the molecule is O=C(c1ccns1)N1CC[C@@H](O)[C@@]2(CCCNC2=O)C1. The second-order valence-corrected chi connectivity index (χ2v) is 6.26. The van der Waals surface area contributed by atoms with Crippen molar-refractivity contribution < 1.29 is 14.7 Å². The van der Waals surface area contributed by atoms with Crippen LogP contribution in [0.5, 0.6) is 0 Å². The second-order valence-electron chi connectivity index (χ2n) is 5.42. The van der Waals surface area contributed by atoms with E-state index in [1.54, 1.807) is 17.2 Å². The predicted octanol–water partition coefficient (Wildman–Crippen LogP) is 0.246. The lowest BCUT2D eigenvalue weighted by atomic mass is 9.71. The number of rotatable bonds is 1. The lowest BCUT2D eigenvalue weighted by Gasteiger charge is -2.46. The number of hydrogen-bond donors (Lipinski definition) is 2. The summed E-state index contributed by atoms with van der Waals surface area (Å²) >= 11 is 1.16. The first-order valence-electron chi connectivity index (χ1n) is 6.80. The molecule has 2 fully saturated rings. The molecule has 3 heterocycles. The first-order chi connectivity index (χ1) is 9.63. The Balaban J connectivity index is 1.82. The average Bonchev–Trinajstić information content (AvgIpc) is 2.98. The van der Waals surface area contributed by atoms with Crippen LogP contribution in [0.1, 0.15) is 28.9 Å². The van der Waals surface area contributed by atoms with Gasteiger partial charge in [-0.2, -0.15) is 0 Å². The minimum absolute atomic E-state index is 0.0999. The number of amides is 2. The van der Waals surface area contributed by atoms with Gasteiger partial charge in [0.15, 0.2) is 0 Å². The van der Waals surface area contributed by atoms with Crippen molar-refractivity contribution in [2.45, 2.75) is 25.4 Å². The van der Waals surface area contributed by atoms with Crippen LogP contribution in [0.25, 0.3) is 0 Å². The number of piperidine rings is 2. The molecule has 1 aromatic heterocycles. The van der Waals surface area contributed by atoms with Gasteiger partial charge < -0.3 is 15.3 Å². The number of hydrogen-bond acceptors (Lipinski definition) is 5. The first-order valence-corrected chi connectivity index (χ1v) is 7.57. The fraction of sp³-hybridized carbons (Fsp3) is 0.615. The number of aromatic nitrogens is 1. The van der Waals surface area contributed by atoms with Crippen molar-refractivity contribution in [1.82, 2.24) is 14.6 Å². The molecular weight excluding hydrogens is 278 g/mol. The summed E-state index contributed by atoms with van der Waals surface area (Å²) < 4.78 is 3.94. The van der Waals surface area contributed by atoms with E-state index in [9.17, 15) is 14.7 Å². The molecule has 0 aromatic carbocycles. The van der Waals surface area contributed by atoms with Crippen LogP contribution < -0.4 is 5.32 Å². The molecule has 3 rings (SSSR count). The molecular formula is C13H17N3O3S. The average molecular weight is 295 g/mol. The van der Waals surface area contributed by atoms with E-state index in [4.69, 9.17) is 0 Å². The number of likely N-dealkylation sites (tertiary alicyclic amines) is 1. The topological polar surface area (TPSA) is 82.5 Å². The van der Waals surface area contributed by atoms with Crippen LogP contribution in [-0.2, 0) is 4.79 Å². The smallest absolute Gasteiger partial charge is 0.265 e. The van der Waals surface area contributed by atoms with E-state index in [1.807, 2.05) is 0 Å². The summed E-state index contributed by atoms with van der Waals surface area (Å²) in [5, 5.41) is 13.1. The van der Waals surface area contributed by atoms with Gasteiger partial charge in [0, 0.05) is 25.8 Å². The zero-order valence-corrected chi connectivity index (χ0v) is 11.9. The van der Waals surface area contributed by atoms with E-state index >= 15 is 0 Å². The second kappa shape index (κ2) is 5.14. The van der Waals surface area contributed by atoms with Crippen LogP contribution in [0.3, 0.4) is 0 Å². The largest absolute Gasteiger partial charge is 0.392 e. The summed E-state index contributed by atoms with van der Waals surface area (Å²) in [4.78, 5) is 26.8. The molecule has 6 nitrogen and oxygen atoms in total. The van der Waals surface area contributed by atoms with Gasteiger partial charge in [-0.15, -0.1) is 0 Å². The number of nitrogens with zero attached hydrogens (tertiary/aromatic N) is 2. The third kappa shape index (κ3) is 2.10. The van der Waals surface area contributed by atoms with Crippen LogP contribution in [0.2, 0.25) is 0 Å². The molecule has 2 atom stereocenters. The van der Waals surface area contributed by atoms with Gasteiger partial charge in [-0.25, -0.2) is 4.37 Å². The maximum atomic E-state index is 12.4. The molecule has 2 saturated heterocycles. The first kappa shape index (κ1) is 13.5. The quantitative estimate of drug-likeness (QED) is 0.778. The van der Waals surface area contributed by atoms with E-state index in [2.05, 4.69) is 9.69 Å². The number of aliphatic hydroxyl groups excluding tert-OH is 1. The predicted molar refractivity (Wildman–Crippen MR) is 73.3 cm³/mol. The summed E-state index contributed by atoms with van der Waals surface area (Å²) in [6, 6.07) is 1.69. The Labute approximate surface area is 120 Å². The molecule has 2 amide bonds. The van der Waals surface area contributed by atoms with Gasteiger partial charge in [-0.3, -0.25) is 9.59 Å². The Morgan fingerprint density at radius 2 is 2.45 bits per heavy atom. The standard InChI is InChI=1S/C13H17N3O3S/c17-10-3-7-16(11(18)9-2-6-15-20-9)8-13(10)4-1-5-14-12(13)19/h2,6,10,17H,1,3-5,7-8H2,(H,14,19)/t10-,13-/m1/s1. The highest BCUT2D eigenvalue weighted by Gasteiger charge is 2.50. The van der Waals surface area contributed by atoms with Gasteiger partial charge in [0.05, 0.1) is 11.5 Å². The molecule has 0 unspecified atom stereocenters. The van der Waals surface area contributed by atoms with Crippen LogP contribution >= 0.6 is 11.5 Å².